The van der Waals surface area contributed by atoms with E-state index in [-0.39, 0.29) is 0 Å². The van der Waals surface area contributed by atoms with Gasteiger partial charge in [-0.15, -0.1) is 0 Å². The molecule has 0 amide bonds. The SMILES string of the molecule is C=C(C)C=C(C)O. The zero-order chi connectivity index (χ0) is 5.86. The number of rotatable bonds is 1. The minimum absolute atomic E-state index is 0.313. The summed E-state index contributed by atoms with van der Waals surface area (Å²) >= 11 is 0. The van der Waals surface area contributed by atoms with Crippen LogP contribution in [0.15, 0.2) is 24.0 Å². The van der Waals surface area contributed by atoms with Crippen molar-refractivity contribution >= 4 is 0 Å². The molecule has 0 aromatic rings. The summed E-state index contributed by atoms with van der Waals surface area (Å²) in [5, 5.41) is 8.52. The molecule has 1 nitrogen and oxygen atoms in total. The van der Waals surface area contributed by atoms with E-state index >= 15 is 0 Å². The first-order valence-electron chi connectivity index (χ1n) is 2.15. The molecule has 40 valence electrons. The van der Waals surface area contributed by atoms with Crippen LogP contribution in [0.1, 0.15) is 13.8 Å². The van der Waals surface area contributed by atoms with Gasteiger partial charge in [0.2, 0.25) is 0 Å². The lowest BCUT2D eigenvalue weighted by molar-refractivity contribution is 0.414. The van der Waals surface area contributed by atoms with Crippen molar-refractivity contribution in [3.63, 3.8) is 0 Å². The van der Waals surface area contributed by atoms with Gasteiger partial charge >= 0.3 is 0 Å². The second kappa shape index (κ2) is 2.45. The molecule has 0 fully saturated rings. The van der Waals surface area contributed by atoms with Crippen LogP contribution in [0.4, 0.5) is 0 Å². The van der Waals surface area contributed by atoms with E-state index in [2.05, 4.69) is 6.58 Å². The van der Waals surface area contributed by atoms with E-state index < -0.39 is 0 Å². The smallest absolute Gasteiger partial charge is 0.0894 e. The first kappa shape index (κ1) is 6.28. The monoisotopic (exact) mass is 98.1 g/mol. The van der Waals surface area contributed by atoms with Crippen molar-refractivity contribution in [3.8, 4) is 0 Å². The maximum Gasteiger partial charge on any atom is 0.0894 e. The maximum atomic E-state index is 8.52. The van der Waals surface area contributed by atoms with Crippen molar-refractivity contribution in [1.82, 2.24) is 0 Å². The second-order valence-electron chi connectivity index (χ2n) is 1.63. The molecule has 0 saturated carbocycles. The van der Waals surface area contributed by atoms with Crippen molar-refractivity contribution in [3.05, 3.63) is 24.0 Å². The van der Waals surface area contributed by atoms with E-state index in [0.717, 1.165) is 5.57 Å². The third-order valence-corrected chi connectivity index (χ3v) is 0.455. The summed E-state index contributed by atoms with van der Waals surface area (Å²) in [6.45, 7) is 7.01. The minimum Gasteiger partial charge on any atom is -0.513 e. The molecule has 0 heterocycles. The highest BCUT2D eigenvalue weighted by atomic mass is 16.3. The Labute approximate surface area is 44.0 Å². The lowest BCUT2D eigenvalue weighted by atomic mass is 10.3. The fourth-order valence-corrected chi connectivity index (χ4v) is 0.357. The van der Waals surface area contributed by atoms with Gasteiger partial charge in [-0.25, -0.2) is 0 Å². The van der Waals surface area contributed by atoms with Gasteiger partial charge in [-0.1, -0.05) is 12.2 Å². The average molecular weight is 98.1 g/mol. The van der Waals surface area contributed by atoms with Crippen LogP contribution in [0.2, 0.25) is 0 Å². The Morgan fingerprint density at radius 3 is 2.00 bits per heavy atom. The summed E-state index contributed by atoms with van der Waals surface area (Å²) in [6.07, 6.45) is 1.61. The maximum absolute atomic E-state index is 8.52. The first-order chi connectivity index (χ1) is 3.13. The average Bonchev–Trinajstić information content (AvgIpc) is 1.27. The van der Waals surface area contributed by atoms with Crippen molar-refractivity contribution in [2.75, 3.05) is 0 Å². The normalized spacial score (nSPS) is 11.4. The molecule has 0 aliphatic rings. The Balaban J connectivity index is 3.68. The highest BCUT2D eigenvalue weighted by Gasteiger charge is 1.76. The topological polar surface area (TPSA) is 20.2 Å². The van der Waals surface area contributed by atoms with Crippen LogP contribution in [0.5, 0.6) is 0 Å². The van der Waals surface area contributed by atoms with E-state index in [1.165, 1.54) is 0 Å². The molecule has 0 rings (SSSR count). The zero-order valence-electron chi connectivity index (χ0n) is 4.73. The van der Waals surface area contributed by atoms with Crippen LogP contribution < -0.4 is 0 Å². The van der Waals surface area contributed by atoms with Crippen LogP contribution in [0.3, 0.4) is 0 Å². The predicted octanol–water partition coefficient (Wildman–Crippen LogP) is 2.02. The number of hydrogen-bond acceptors (Lipinski definition) is 1. The van der Waals surface area contributed by atoms with E-state index in [4.69, 9.17) is 5.11 Å². The van der Waals surface area contributed by atoms with Crippen molar-refractivity contribution < 1.29 is 5.11 Å². The molecule has 1 heteroatoms. The van der Waals surface area contributed by atoms with E-state index in [1.54, 1.807) is 13.0 Å². The summed E-state index contributed by atoms with van der Waals surface area (Å²) in [5.41, 5.74) is 0.875. The third kappa shape index (κ3) is 5.28. The number of hydrogen-bond donors (Lipinski definition) is 1. The van der Waals surface area contributed by atoms with Gasteiger partial charge in [0, 0.05) is 0 Å². The molecular weight excluding hydrogens is 88.1 g/mol. The summed E-state index contributed by atoms with van der Waals surface area (Å²) in [7, 11) is 0. The number of allylic oxidation sites excluding steroid dienone is 3. The lowest BCUT2D eigenvalue weighted by Gasteiger charge is -1.85. The Kier molecular flexibility index (Phi) is 2.20. The van der Waals surface area contributed by atoms with E-state index in [0.29, 0.717) is 5.76 Å². The number of aliphatic hydroxyl groups is 1. The molecule has 0 aromatic carbocycles. The molecule has 0 atom stereocenters. The molecular formula is C6H10O. The molecule has 0 aliphatic heterocycles. The predicted molar refractivity (Wildman–Crippen MR) is 31.2 cm³/mol. The van der Waals surface area contributed by atoms with Crippen LogP contribution in [0.25, 0.3) is 0 Å². The number of aliphatic hydroxyl groups excluding tert-OH is 1. The molecule has 0 bridgehead atoms. The van der Waals surface area contributed by atoms with Gasteiger partial charge in [0.1, 0.15) is 0 Å². The van der Waals surface area contributed by atoms with E-state index in [1.807, 2.05) is 6.92 Å². The molecule has 0 saturated heterocycles. The van der Waals surface area contributed by atoms with Crippen LogP contribution in [-0.2, 0) is 0 Å². The molecule has 7 heavy (non-hydrogen) atoms. The van der Waals surface area contributed by atoms with Crippen LogP contribution in [0, 0.1) is 0 Å². The molecule has 0 aromatic heterocycles. The molecule has 1 N–H and O–H groups in total. The minimum atomic E-state index is 0.313. The molecule has 0 radical (unpaired) electrons. The van der Waals surface area contributed by atoms with Crippen molar-refractivity contribution in [2.45, 2.75) is 13.8 Å². The van der Waals surface area contributed by atoms with E-state index in [9.17, 15) is 0 Å². The standard InChI is InChI=1S/C6H10O/c1-5(2)4-6(3)7/h4,7H,1H2,2-3H3. The fraction of sp³-hybridized carbons (Fsp3) is 0.333. The van der Waals surface area contributed by atoms with Gasteiger partial charge in [-0.3, -0.25) is 0 Å². The largest absolute Gasteiger partial charge is 0.513 e. The van der Waals surface area contributed by atoms with Crippen molar-refractivity contribution in [1.29, 1.82) is 0 Å². The third-order valence-electron chi connectivity index (χ3n) is 0.455. The Bertz CT molecular complexity index is 96.7. The zero-order valence-corrected chi connectivity index (χ0v) is 4.73. The van der Waals surface area contributed by atoms with Gasteiger partial charge in [-0.05, 0) is 19.9 Å². The summed E-state index contributed by atoms with van der Waals surface area (Å²) in [6, 6.07) is 0. The van der Waals surface area contributed by atoms with Crippen LogP contribution in [-0.4, -0.2) is 5.11 Å². The van der Waals surface area contributed by atoms with Gasteiger partial charge < -0.3 is 5.11 Å². The summed E-state index contributed by atoms with van der Waals surface area (Å²) < 4.78 is 0. The summed E-state index contributed by atoms with van der Waals surface area (Å²) in [5.74, 6) is 0.313. The summed E-state index contributed by atoms with van der Waals surface area (Å²) in [4.78, 5) is 0. The van der Waals surface area contributed by atoms with Gasteiger partial charge in [0.15, 0.2) is 0 Å². The van der Waals surface area contributed by atoms with Gasteiger partial charge in [0.05, 0.1) is 5.76 Å². The molecule has 0 spiro atoms. The highest BCUT2D eigenvalue weighted by molar-refractivity contribution is 5.12. The Morgan fingerprint density at radius 2 is 2.00 bits per heavy atom. The molecule has 0 aliphatic carbocycles. The van der Waals surface area contributed by atoms with Crippen molar-refractivity contribution in [2.24, 2.45) is 0 Å². The lowest BCUT2D eigenvalue weighted by Crippen LogP contribution is -1.68. The highest BCUT2D eigenvalue weighted by Crippen LogP contribution is 1.92. The Hall–Kier alpha value is -0.720. The molecule has 0 unspecified atom stereocenters. The Morgan fingerprint density at radius 1 is 1.57 bits per heavy atom. The van der Waals surface area contributed by atoms with Crippen LogP contribution >= 0.6 is 0 Å². The second-order valence-corrected chi connectivity index (χ2v) is 1.63. The first-order valence-corrected chi connectivity index (χ1v) is 2.15. The fourth-order valence-electron chi connectivity index (χ4n) is 0.357. The quantitative estimate of drug-likeness (QED) is 0.393. The van der Waals surface area contributed by atoms with Gasteiger partial charge in [-0.2, -0.15) is 0 Å². The van der Waals surface area contributed by atoms with Gasteiger partial charge in [0.25, 0.3) is 0 Å².